The van der Waals surface area contributed by atoms with Crippen molar-refractivity contribution in [1.29, 1.82) is 0 Å². The van der Waals surface area contributed by atoms with Gasteiger partial charge in [0, 0.05) is 10.2 Å². The van der Waals surface area contributed by atoms with E-state index in [0.29, 0.717) is 11.3 Å². The maximum absolute atomic E-state index is 12.7. The third-order valence-electron chi connectivity index (χ3n) is 4.31. The Balaban J connectivity index is 1.63. The summed E-state index contributed by atoms with van der Waals surface area (Å²) in [7, 11) is 1.40. The molecular weight excluding hydrogens is 492 g/mol. The van der Waals surface area contributed by atoms with Crippen molar-refractivity contribution in [2.24, 2.45) is 5.10 Å². The van der Waals surface area contributed by atoms with E-state index in [-0.39, 0.29) is 22.7 Å². The van der Waals surface area contributed by atoms with Gasteiger partial charge in [-0.2, -0.15) is 5.10 Å². The minimum absolute atomic E-state index is 0.0408. The van der Waals surface area contributed by atoms with Crippen molar-refractivity contribution in [2.45, 2.75) is 0 Å². The molecule has 0 fully saturated rings. The van der Waals surface area contributed by atoms with Crippen LogP contribution in [0.3, 0.4) is 0 Å². The Hall–Kier alpha value is -4.18. The molecule has 0 atom stereocenters. The third-order valence-corrected chi connectivity index (χ3v) is 4.84. The number of phenolic OH excluding ortho intramolecular Hbond substituents is 1. The summed E-state index contributed by atoms with van der Waals surface area (Å²) in [4.78, 5) is 37.0. The molecule has 0 saturated carbocycles. The number of hydrogen-bond acceptors (Lipinski definition) is 6. The van der Waals surface area contributed by atoms with Crippen LogP contribution in [0.4, 0.5) is 11.4 Å². The smallest absolute Gasteiger partial charge is 0.329 e. The topological polar surface area (TPSA) is 129 Å². The molecule has 3 aromatic carbocycles. The number of anilines is 2. The van der Waals surface area contributed by atoms with Crippen LogP contribution in [0.1, 0.15) is 15.9 Å². The minimum Gasteiger partial charge on any atom is -0.504 e. The number of amides is 3. The molecule has 0 spiro atoms. The molecule has 0 bridgehead atoms. The molecule has 3 aromatic rings. The number of ether oxygens (including phenoxy) is 1. The molecule has 3 amide bonds. The largest absolute Gasteiger partial charge is 0.504 e. The van der Waals surface area contributed by atoms with Crippen LogP contribution >= 0.6 is 15.9 Å². The van der Waals surface area contributed by atoms with Gasteiger partial charge in [-0.15, -0.1) is 0 Å². The first-order valence-electron chi connectivity index (χ1n) is 9.54. The highest BCUT2D eigenvalue weighted by atomic mass is 79.9. The highest BCUT2D eigenvalue weighted by Gasteiger charge is 2.17. The van der Waals surface area contributed by atoms with Gasteiger partial charge >= 0.3 is 11.8 Å². The SMILES string of the molecule is COc1cc(/C=N/NC(=O)C(=O)Nc2ccccc2C(=O)Nc2ccc(Br)cc2)ccc1O. The van der Waals surface area contributed by atoms with Gasteiger partial charge in [0.15, 0.2) is 11.5 Å². The highest BCUT2D eigenvalue weighted by molar-refractivity contribution is 9.10. The number of phenols is 1. The van der Waals surface area contributed by atoms with Crippen LogP contribution in [0.5, 0.6) is 11.5 Å². The standard InChI is InChI=1S/C23H19BrN4O5/c1-33-20-12-14(6-11-19(20)29)13-25-28-23(32)22(31)27-18-5-3-2-4-17(18)21(30)26-16-9-7-15(24)8-10-16/h2-13,29H,1H3,(H,26,30)(H,27,31)(H,28,32)/b25-13+. The summed E-state index contributed by atoms with van der Waals surface area (Å²) in [5.74, 6) is -2.28. The predicted octanol–water partition coefficient (Wildman–Crippen LogP) is 3.50. The molecule has 0 aliphatic rings. The van der Waals surface area contributed by atoms with E-state index in [9.17, 15) is 19.5 Å². The lowest BCUT2D eigenvalue weighted by molar-refractivity contribution is -0.136. The number of carbonyl (C=O) groups is 3. The third kappa shape index (κ3) is 6.40. The second-order valence-corrected chi connectivity index (χ2v) is 7.51. The van der Waals surface area contributed by atoms with E-state index in [2.05, 4.69) is 37.1 Å². The maximum Gasteiger partial charge on any atom is 0.329 e. The Labute approximate surface area is 197 Å². The Bertz CT molecular complexity index is 1210. The van der Waals surface area contributed by atoms with Gasteiger partial charge in [0.05, 0.1) is 24.6 Å². The van der Waals surface area contributed by atoms with Crippen molar-refractivity contribution >= 4 is 51.2 Å². The Morgan fingerprint density at radius 2 is 1.70 bits per heavy atom. The lowest BCUT2D eigenvalue weighted by atomic mass is 10.1. The molecule has 0 radical (unpaired) electrons. The molecule has 4 N–H and O–H groups in total. The number of nitrogens with zero attached hydrogens (tertiary/aromatic N) is 1. The fourth-order valence-corrected chi connectivity index (χ4v) is 2.96. The Morgan fingerprint density at radius 3 is 2.42 bits per heavy atom. The average Bonchev–Trinajstić information content (AvgIpc) is 2.81. The molecule has 0 aliphatic heterocycles. The van der Waals surface area contributed by atoms with Crippen molar-refractivity contribution in [3.63, 3.8) is 0 Å². The lowest BCUT2D eigenvalue weighted by Gasteiger charge is -2.11. The van der Waals surface area contributed by atoms with Crippen molar-refractivity contribution < 1.29 is 24.2 Å². The second kappa shape index (κ2) is 10.9. The molecule has 0 unspecified atom stereocenters. The molecule has 9 nitrogen and oxygen atoms in total. The molecule has 10 heteroatoms. The number of methoxy groups -OCH3 is 1. The first-order chi connectivity index (χ1) is 15.9. The van der Waals surface area contributed by atoms with E-state index < -0.39 is 17.7 Å². The van der Waals surface area contributed by atoms with Gasteiger partial charge < -0.3 is 20.5 Å². The Morgan fingerprint density at radius 1 is 0.970 bits per heavy atom. The maximum atomic E-state index is 12.7. The van der Waals surface area contributed by atoms with Gasteiger partial charge in [0.1, 0.15) is 0 Å². The number of hydrazone groups is 1. The van der Waals surface area contributed by atoms with E-state index in [0.717, 1.165) is 4.47 Å². The molecule has 0 aliphatic carbocycles. The van der Waals surface area contributed by atoms with E-state index >= 15 is 0 Å². The van der Waals surface area contributed by atoms with Crippen molar-refractivity contribution in [2.75, 3.05) is 17.7 Å². The number of para-hydroxylation sites is 1. The molecule has 0 saturated heterocycles. The van der Waals surface area contributed by atoms with Gasteiger partial charge in [0.2, 0.25) is 0 Å². The second-order valence-electron chi connectivity index (χ2n) is 6.59. The van der Waals surface area contributed by atoms with Crippen LogP contribution in [0.2, 0.25) is 0 Å². The number of carbonyl (C=O) groups excluding carboxylic acids is 3. The minimum atomic E-state index is -1.03. The normalized spacial score (nSPS) is 10.5. The van der Waals surface area contributed by atoms with Gasteiger partial charge in [-0.05, 0) is 60.2 Å². The van der Waals surface area contributed by atoms with E-state index in [1.807, 2.05) is 0 Å². The summed E-state index contributed by atoms with van der Waals surface area (Å²) >= 11 is 3.33. The predicted molar refractivity (Wildman–Crippen MR) is 128 cm³/mol. The van der Waals surface area contributed by atoms with Crippen molar-refractivity contribution in [1.82, 2.24) is 5.43 Å². The van der Waals surface area contributed by atoms with Gasteiger partial charge in [0.25, 0.3) is 5.91 Å². The zero-order valence-electron chi connectivity index (χ0n) is 17.3. The van der Waals surface area contributed by atoms with Gasteiger partial charge in [-0.3, -0.25) is 14.4 Å². The fraction of sp³-hybridized carbons (Fsp3) is 0.0435. The first-order valence-corrected chi connectivity index (χ1v) is 10.3. The van der Waals surface area contributed by atoms with E-state index in [1.165, 1.54) is 37.6 Å². The van der Waals surface area contributed by atoms with Crippen LogP contribution in [0.15, 0.2) is 76.3 Å². The number of benzene rings is 3. The summed E-state index contributed by atoms with van der Waals surface area (Å²) < 4.78 is 5.86. The summed E-state index contributed by atoms with van der Waals surface area (Å²) in [6.45, 7) is 0. The Kier molecular flexibility index (Phi) is 7.77. The molecular formula is C23H19BrN4O5. The lowest BCUT2D eigenvalue weighted by Crippen LogP contribution is -2.33. The first kappa shape index (κ1) is 23.5. The van der Waals surface area contributed by atoms with Crippen molar-refractivity contribution in [3.05, 3.63) is 82.3 Å². The summed E-state index contributed by atoms with van der Waals surface area (Å²) in [6, 6.07) is 17.8. The fourth-order valence-electron chi connectivity index (χ4n) is 2.69. The quantitative estimate of drug-likeness (QED) is 0.229. The number of hydrogen-bond donors (Lipinski definition) is 4. The molecule has 0 heterocycles. The highest BCUT2D eigenvalue weighted by Crippen LogP contribution is 2.25. The summed E-state index contributed by atoms with van der Waals surface area (Å²) in [5, 5.41) is 18.5. The number of halogens is 1. The van der Waals surface area contributed by atoms with Crippen LogP contribution in [0.25, 0.3) is 0 Å². The number of nitrogens with one attached hydrogen (secondary N) is 3. The van der Waals surface area contributed by atoms with E-state index in [4.69, 9.17) is 4.74 Å². The average molecular weight is 511 g/mol. The summed E-state index contributed by atoms with van der Waals surface area (Å²) in [5.41, 5.74) is 3.55. The molecule has 0 aromatic heterocycles. The van der Waals surface area contributed by atoms with Crippen LogP contribution in [0, 0.1) is 0 Å². The van der Waals surface area contributed by atoms with Gasteiger partial charge in [-0.1, -0.05) is 28.1 Å². The van der Waals surface area contributed by atoms with Crippen molar-refractivity contribution in [3.8, 4) is 11.5 Å². The van der Waals surface area contributed by atoms with Crippen LogP contribution in [-0.2, 0) is 9.59 Å². The summed E-state index contributed by atoms with van der Waals surface area (Å²) in [6.07, 6.45) is 1.28. The number of rotatable bonds is 6. The van der Waals surface area contributed by atoms with Gasteiger partial charge in [-0.25, -0.2) is 5.43 Å². The molecule has 33 heavy (non-hydrogen) atoms. The zero-order chi connectivity index (χ0) is 23.8. The molecule has 168 valence electrons. The van der Waals surface area contributed by atoms with Crippen LogP contribution in [-0.4, -0.2) is 36.2 Å². The molecule has 3 rings (SSSR count). The zero-order valence-corrected chi connectivity index (χ0v) is 18.9. The van der Waals surface area contributed by atoms with Crippen LogP contribution < -0.4 is 20.8 Å². The number of aromatic hydroxyl groups is 1. The van der Waals surface area contributed by atoms with E-state index in [1.54, 1.807) is 42.5 Å². The monoisotopic (exact) mass is 510 g/mol.